The summed E-state index contributed by atoms with van der Waals surface area (Å²) in [6.45, 7) is 4.03. The van der Waals surface area contributed by atoms with Gasteiger partial charge in [0, 0.05) is 28.0 Å². The molecule has 0 saturated heterocycles. The van der Waals surface area contributed by atoms with Crippen LogP contribution in [0.3, 0.4) is 0 Å². The maximum absolute atomic E-state index is 11.9. The van der Waals surface area contributed by atoms with Crippen LogP contribution >= 0.6 is 15.9 Å². The van der Waals surface area contributed by atoms with Crippen molar-refractivity contribution in [3.05, 3.63) is 75.9 Å². The molecule has 0 aliphatic heterocycles. The first-order valence-electron chi connectivity index (χ1n) is 6.36. The summed E-state index contributed by atoms with van der Waals surface area (Å²) in [5, 5.41) is 3.09. The molecule has 0 radical (unpaired) electrons. The molecule has 2 nitrogen and oxygen atoms in total. The zero-order valence-electron chi connectivity index (χ0n) is 11.5. The minimum absolute atomic E-state index is 0.0105. The second-order valence-corrected chi connectivity index (χ2v) is 5.53. The topological polar surface area (TPSA) is 29.1 Å². The summed E-state index contributed by atoms with van der Waals surface area (Å²) in [6.07, 6.45) is 3.21. The molecule has 20 heavy (non-hydrogen) atoms. The predicted molar refractivity (Wildman–Crippen MR) is 87.2 cm³/mol. The lowest BCUT2D eigenvalue weighted by atomic mass is 10.1. The van der Waals surface area contributed by atoms with Gasteiger partial charge in [-0.05, 0) is 31.5 Å². The number of ketones is 1. The molecule has 0 aromatic heterocycles. The fourth-order valence-electron chi connectivity index (χ4n) is 1.71. The standard InChI is InChI=1S/C17H16BrNO/c1-12-3-6-14(7-4-12)17(20)9-10-19-15-8-5-13(2)16(18)11-15/h3-11,19H,1-2H3. The van der Waals surface area contributed by atoms with Gasteiger partial charge in [-0.25, -0.2) is 0 Å². The SMILES string of the molecule is Cc1ccc(C(=O)C=CNc2ccc(C)c(Br)c2)cc1. The number of allylic oxidation sites excluding steroid dienone is 1. The van der Waals surface area contributed by atoms with E-state index in [1.165, 1.54) is 5.56 Å². The molecule has 0 atom stereocenters. The van der Waals surface area contributed by atoms with Crippen molar-refractivity contribution in [2.75, 3.05) is 5.32 Å². The Bertz CT molecular complexity index is 645. The van der Waals surface area contributed by atoms with Crippen LogP contribution in [0.2, 0.25) is 0 Å². The van der Waals surface area contributed by atoms with E-state index < -0.39 is 0 Å². The quantitative estimate of drug-likeness (QED) is 0.640. The summed E-state index contributed by atoms with van der Waals surface area (Å²) < 4.78 is 1.04. The van der Waals surface area contributed by atoms with Crippen LogP contribution < -0.4 is 5.32 Å². The first kappa shape index (κ1) is 14.5. The summed E-state index contributed by atoms with van der Waals surface area (Å²) >= 11 is 3.48. The monoisotopic (exact) mass is 329 g/mol. The van der Waals surface area contributed by atoms with Crippen molar-refractivity contribution < 1.29 is 4.79 Å². The summed E-state index contributed by atoms with van der Waals surface area (Å²) in [6, 6.07) is 13.5. The third-order valence-electron chi connectivity index (χ3n) is 2.99. The number of anilines is 1. The number of carbonyl (C=O) groups is 1. The fraction of sp³-hybridized carbons (Fsp3) is 0.118. The van der Waals surface area contributed by atoms with Crippen LogP contribution in [-0.2, 0) is 0 Å². The zero-order chi connectivity index (χ0) is 14.5. The molecule has 0 unspecified atom stereocenters. The molecule has 0 heterocycles. The number of nitrogens with one attached hydrogen (secondary N) is 1. The molecule has 2 aromatic carbocycles. The van der Waals surface area contributed by atoms with Crippen LogP contribution in [0.25, 0.3) is 0 Å². The van der Waals surface area contributed by atoms with Gasteiger partial charge in [0.15, 0.2) is 5.78 Å². The van der Waals surface area contributed by atoms with E-state index in [0.29, 0.717) is 5.56 Å². The van der Waals surface area contributed by atoms with Crippen molar-refractivity contribution >= 4 is 27.4 Å². The maximum Gasteiger partial charge on any atom is 0.187 e. The first-order valence-corrected chi connectivity index (χ1v) is 7.16. The number of hydrogen-bond donors (Lipinski definition) is 1. The number of aryl methyl sites for hydroxylation is 2. The molecule has 0 spiro atoms. The number of carbonyl (C=O) groups excluding carboxylic acids is 1. The van der Waals surface area contributed by atoms with Gasteiger partial charge in [-0.3, -0.25) is 4.79 Å². The minimum atomic E-state index is -0.0105. The van der Waals surface area contributed by atoms with Crippen LogP contribution in [0.5, 0.6) is 0 Å². The number of hydrogen-bond acceptors (Lipinski definition) is 2. The van der Waals surface area contributed by atoms with Gasteiger partial charge >= 0.3 is 0 Å². The smallest absolute Gasteiger partial charge is 0.187 e. The molecule has 3 heteroatoms. The number of benzene rings is 2. The second-order valence-electron chi connectivity index (χ2n) is 4.67. The average Bonchev–Trinajstić information content (AvgIpc) is 2.43. The van der Waals surface area contributed by atoms with Crippen LogP contribution in [-0.4, -0.2) is 5.78 Å². The number of halogens is 1. The lowest BCUT2D eigenvalue weighted by Crippen LogP contribution is -1.96. The van der Waals surface area contributed by atoms with E-state index in [2.05, 4.69) is 21.2 Å². The zero-order valence-corrected chi connectivity index (χ0v) is 13.1. The Morgan fingerprint density at radius 2 is 1.80 bits per heavy atom. The third-order valence-corrected chi connectivity index (χ3v) is 3.85. The van der Waals surface area contributed by atoms with Crippen molar-refractivity contribution in [2.24, 2.45) is 0 Å². The summed E-state index contributed by atoms with van der Waals surface area (Å²) in [4.78, 5) is 11.9. The molecule has 1 N–H and O–H groups in total. The van der Waals surface area contributed by atoms with E-state index in [4.69, 9.17) is 0 Å². The highest BCUT2D eigenvalue weighted by Gasteiger charge is 2.00. The molecule has 2 rings (SSSR count). The van der Waals surface area contributed by atoms with E-state index in [1.54, 1.807) is 12.3 Å². The molecule has 0 aliphatic carbocycles. The van der Waals surface area contributed by atoms with Crippen molar-refractivity contribution in [2.45, 2.75) is 13.8 Å². The van der Waals surface area contributed by atoms with Crippen molar-refractivity contribution in [3.8, 4) is 0 Å². The van der Waals surface area contributed by atoms with Gasteiger partial charge in [0.05, 0.1) is 0 Å². The highest BCUT2D eigenvalue weighted by Crippen LogP contribution is 2.20. The normalized spacial score (nSPS) is 10.8. The Labute approximate surface area is 127 Å². The molecular formula is C17H16BrNO. The van der Waals surface area contributed by atoms with Gasteiger partial charge < -0.3 is 5.32 Å². The van der Waals surface area contributed by atoms with E-state index in [0.717, 1.165) is 15.7 Å². The average molecular weight is 330 g/mol. The Morgan fingerprint density at radius 1 is 1.10 bits per heavy atom. The first-order chi connectivity index (χ1) is 9.56. The van der Waals surface area contributed by atoms with Crippen molar-refractivity contribution in [1.82, 2.24) is 0 Å². The van der Waals surface area contributed by atoms with E-state index in [1.807, 2.05) is 56.3 Å². The van der Waals surface area contributed by atoms with Gasteiger partial charge in [-0.2, -0.15) is 0 Å². The van der Waals surface area contributed by atoms with Gasteiger partial charge in [-0.1, -0.05) is 51.8 Å². The molecular weight excluding hydrogens is 314 g/mol. The van der Waals surface area contributed by atoms with Crippen LogP contribution in [0.15, 0.2) is 59.2 Å². The third kappa shape index (κ3) is 3.81. The molecule has 0 amide bonds. The van der Waals surface area contributed by atoms with Gasteiger partial charge in [0.2, 0.25) is 0 Å². The molecule has 0 saturated carbocycles. The summed E-state index contributed by atoms with van der Waals surface area (Å²) in [5.41, 5.74) is 3.96. The van der Waals surface area contributed by atoms with Crippen LogP contribution in [0, 0.1) is 13.8 Å². The lowest BCUT2D eigenvalue weighted by Gasteiger charge is -2.03. The lowest BCUT2D eigenvalue weighted by molar-refractivity contribution is 0.104. The van der Waals surface area contributed by atoms with Gasteiger partial charge in [-0.15, -0.1) is 0 Å². The Hall–Kier alpha value is -1.87. The Morgan fingerprint density at radius 3 is 2.45 bits per heavy atom. The highest BCUT2D eigenvalue weighted by molar-refractivity contribution is 9.10. The highest BCUT2D eigenvalue weighted by atomic mass is 79.9. The number of rotatable bonds is 4. The van der Waals surface area contributed by atoms with E-state index in [9.17, 15) is 4.79 Å². The van der Waals surface area contributed by atoms with Gasteiger partial charge in [0.1, 0.15) is 0 Å². The van der Waals surface area contributed by atoms with Crippen LogP contribution in [0.4, 0.5) is 5.69 Å². The Kier molecular flexibility index (Phi) is 4.74. The molecule has 0 bridgehead atoms. The van der Waals surface area contributed by atoms with Gasteiger partial charge in [0.25, 0.3) is 0 Å². The van der Waals surface area contributed by atoms with E-state index in [-0.39, 0.29) is 5.78 Å². The molecule has 2 aromatic rings. The minimum Gasteiger partial charge on any atom is -0.362 e. The largest absolute Gasteiger partial charge is 0.362 e. The van der Waals surface area contributed by atoms with Crippen molar-refractivity contribution in [3.63, 3.8) is 0 Å². The van der Waals surface area contributed by atoms with E-state index >= 15 is 0 Å². The summed E-state index contributed by atoms with van der Waals surface area (Å²) in [5.74, 6) is -0.0105. The predicted octanol–water partition coefficient (Wildman–Crippen LogP) is 4.87. The summed E-state index contributed by atoms with van der Waals surface area (Å²) in [7, 11) is 0. The Balaban J connectivity index is 2.00. The molecule has 102 valence electrons. The molecule has 0 fully saturated rings. The van der Waals surface area contributed by atoms with Crippen molar-refractivity contribution in [1.29, 1.82) is 0 Å². The maximum atomic E-state index is 11.9. The molecule has 0 aliphatic rings. The fourth-order valence-corrected chi connectivity index (χ4v) is 2.09. The second kappa shape index (κ2) is 6.53. The van der Waals surface area contributed by atoms with Crippen LogP contribution in [0.1, 0.15) is 21.5 Å².